The first-order chi connectivity index (χ1) is 6.85. The number of ether oxygens (including phenoxy) is 1. The van der Waals surface area contributed by atoms with Gasteiger partial charge in [0, 0.05) is 11.5 Å². The predicted octanol–water partition coefficient (Wildman–Crippen LogP) is 2.70. The third-order valence-corrected chi connectivity index (χ3v) is 1.92. The first kappa shape index (κ1) is 8.64. The van der Waals surface area contributed by atoms with Crippen molar-refractivity contribution >= 4 is 11.0 Å². The minimum Gasteiger partial charge on any atom is -0.490 e. The van der Waals surface area contributed by atoms with Crippen molar-refractivity contribution in [3.63, 3.8) is 0 Å². The van der Waals surface area contributed by atoms with Crippen LogP contribution in [0.2, 0.25) is 0 Å². The predicted molar refractivity (Wildman–Crippen MR) is 52.1 cm³/mol. The van der Waals surface area contributed by atoms with Gasteiger partial charge in [0.25, 0.3) is 0 Å². The van der Waals surface area contributed by atoms with E-state index in [2.05, 4.69) is 0 Å². The van der Waals surface area contributed by atoms with Crippen LogP contribution in [0, 0.1) is 11.3 Å². The monoisotopic (exact) mass is 187 g/mol. The lowest BCUT2D eigenvalue weighted by Gasteiger charge is -2.01. The van der Waals surface area contributed by atoms with Crippen molar-refractivity contribution < 1.29 is 9.15 Å². The zero-order valence-electron chi connectivity index (χ0n) is 7.78. The molecule has 1 aromatic carbocycles. The number of furan rings is 1. The highest BCUT2D eigenvalue weighted by atomic mass is 16.5. The molecule has 0 unspecified atom stereocenters. The number of hydrogen-bond acceptors (Lipinski definition) is 3. The molecule has 3 heteroatoms. The zero-order chi connectivity index (χ0) is 9.97. The Morgan fingerprint density at radius 3 is 3.07 bits per heavy atom. The molecule has 1 heterocycles. The number of hydrogen-bond donors (Lipinski definition) is 0. The third kappa shape index (κ3) is 1.31. The maximum atomic E-state index is 8.67. The molecule has 0 spiro atoms. The van der Waals surface area contributed by atoms with E-state index < -0.39 is 0 Å². The summed E-state index contributed by atoms with van der Waals surface area (Å²) in [5, 5.41) is 9.57. The van der Waals surface area contributed by atoms with Crippen molar-refractivity contribution in [3.05, 3.63) is 30.0 Å². The third-order valence-electron chi connectivity index (χ3n) is 1.92. The van der Waals surface area contributed by atoms with Gasteiger partial charge in [0.1, 0.15) is 6.07 Å². The van der Waals surface area contributed by atoms with Gasteiger partial charge < -0.3 is 9.15 Å². The van der Waals surface area contributed by atoms with Gasteiger partial charge in [-0.15, -0.1) is 0 Å². The Morgan fingerprint density at radius 2 is 2.36 bits per heavy atom. The number of para-hydroxylation sites is 1. The Balaban J connectivity index is 2.62. The van der Waals surface area contributed by atoms with E-state index in [0.717, 1.165) is 5.39 Å². The van der Waals surface area contributed by atoms with E-state index >= 15 is 0 Å². The number of rotatable bonds is 2. The van der Waals surface area contributed by atoms with Gasteiger partial charge in [-0.05, 0) is 13.0 Å². The van der Waals surface area contributed by atoms with E-state index in [1.807, 2.05) is 31.2 Å². The van der Waals surface area contributed by atoms with Gasteiger partial charge in [0.05, 0.1) is 6.61 Å². The summed E-state index contributed by atoms with van der Waals surface area (Å²) >= 11 is 0. The number of fused-ring (bicyclic) bond motifs is 1. The molecule has 14 heavy (non-hydrogen) atoms. The topological polar surface area (TPSA) is 46.2 Å². The SMILES string of the molecule is CCOc1cccc2cc(C#N)oc12. The lowest BCUT2D eigenvalue weighted by Crippen LogP contribution is -1.90. The van der Waals surface area contributed by atoms with Crippen LogP contribution in [0.25, 0.3) is 11.0 Å². The highest BCUT2D eigenvalue weighted by molar-refractivity contribution is 5.84. The first-order valence-electron chi connectivity index (χ1n) is 4.40. The highest BCUT2D eigenvalue weighted by Crippen LogP contribution is 2.28. The molecule has 0 aliphatic heterocycles. The van der Waals surface area contributed by atoms with Gasteiger partial charge in [0.2, 0.25) is 5.76 Å². The van der Waals surface area contributed by atoms with Crippen LogP contribution in [0.5, 0.6) is 5.75 Å². The summed E-state index contributed by atoms with van der Waals surface area (Å²) in [6.07, 6.45) is 0. The van der Waals surface area contributed by atoms with Crippen molar-refractivity contribution in [1.82, 2.24) is 0 Å². The molecular weight excluding hydrogens is 178 g/mol. The van der Waals surface area contributed by atoms with Crippen molar-refractivity contribution in [2.45, 2.75) is 6.92 Å². The molecule has 0 aliphatic carbocycles. The Morgan fingerprint density at radius 1 is 1.50 bits per heavy atom. The molecule has 0 amide bonds. The summed E-state index contributed by atoms with van der Waals surface area (Å²) in [7, 11) is 0. The second kappa shape index (κ2) is 3.43. The van der Waals surface area contributed by atoms with Gasteiger partial charge in [-0.25, -0.2) is 0 Å². The van der Waals surface area contributed by atoms with Gasteiger partial charge in [0.15, 0.2) is 11.3 Å². The second-order valence-corrected chi connectivity index (χ2v) is 2.83. The van der Waals surface area contributed by atoms with E-state index in [9.17, 15) is 0 Å². The number of nitriles is 1. The van der Waals surface area contributed by atoms with E-state index in [4.69, 9.17) is 14.4 Å². The molecule has 0 radical (unpaired) electrons. The molecule has 70 valence electrons. The molecule has 3 nitrogen and oxygen atoms in total. The number of benzene rings is 1. The molecule has 0 bridgehead atoms. The standard InChI is InChI=1S/C11H9NO2/c1-2-13-10-5-3-4-8-6-9(7-12)14-11(8)10/h3-6H,2H2,1H3. The second-order valence-electron chi connectivity index (χ2n) is 2.83. The van der Waals surface area contributed by atoms with Gasteiger partial charge >= 0.3 is 0 Å². The Bertz CT molecular complexity index is 493. The van der Waals surface area contributed by atoms with Crippen LogP contribution in [0.15, 0.2) is 28.7 Å². The van der Waals surface area contributed by atoms with Gasteiger partial charge in [-0.1, -0.05) is 12.1 Å². The minimum atomic E-state index is 0.312. The lowest BCUT2D eigenvalue weighted by atomic mass is 10.2. The van der Waals surface area contributed by atoms with Crippen molar-refractivity contribution in [2.75, 3.05) is 6.61 Å². The van der Waals surface area contributed by atoms with E-state index in [0.29, 0.717) is 23.7 Å². The highest BCUT2D eigenvalue weighted by Gasteiger charge is 2.07. The van der Waals surface area contributed by atoms with Gasteiger partial charge in [-0.2, -0.15) is 5.26 Å². The normalized spacial score (nSPS) is 10.0. The average molecular weight is 187 g/mol. The average Bonchev–Trinajstić information content (AvgIpc) is 2.62. The summed E-state index contributed by atoms with van der Waals surface area (Å²) in [6.45, 7) is 2.49. The summed E-state index contributed by atoms with van der Waals surface area (Å²) in [6, 6.07) is 9.27. The van der Waals surface area contributed by atoms with Gasteiger partial charge in [-0.3, -0.25) is 0 Å². The van der Waals surface area contributed by atoms with Crippen molar-refractivity contribution in [2.24, 2.45) is 0 Å². The summed E-state index contributed by atoms with van der Waals surface area (Å²) in [5.41, 5.74) is 0.644. The fourth-order valence-corrected chi connectivity index (χ4v) is 1.36. The maximum Gasteiger partial charge on any atom is 0.204 e. The van der Waals surface area contributed by atoms with Crippen LogP contribution < -0.4 is 4.74 Å². The molecule has 0 atom stereocenters. The summed E-state index contributed by atoms with van der Waals surface area (Å²) in [4.78, 5) is 0. The van der Waals surface area contributed by atoms with Crippen LogP contribution in [-0.4, -0.2) is 6.61 Å². The van der Waals surface area contributed by atoms with Crippen LogP contribution in [0.4, 0.5) is 0 Å². The molecule has 0 N–H and O–H groups in total. The quantitative estimate of drug-likeness (QED) is 0.726. The van der Waals surface area contributed by atoms with E-state index in [-0.39, 0.29) is 0 Å². The maximum absolute atomic E-state index is 8.67. The first-order valence-corrected chi connectivity index (χ1v) is 4.40. The molecule has 0 saturated heterocycles. The lowest BCUT2D eigenvalue weighted by molar-refractivity contribution is 0.338. The molecule has 2 rings (SSSR count). The van der Waals surface area contributed by atoms with Crippen LogP contribution in [0.1, 0.15) is 12.7 Å². The molecule has 0 aliphatic rings. The van der Waals surface area contributed by atoms with E-state index in [1.165, 1.54) is 0 Å². The Labute approximate surface area is 81.5 Å². The van der Waals surface area contributed by atoms with Crippen molar-refractivity contribution in [1.29, 1.82) is 5.26 Å². The van der Waals surface area contributed by atoms with E-state index in [1.54, 1.807) is 6.07 Å². The largest absolute Gasteiger partial charge is 0.490 e. The summed E-state index contributed by atoms with van der Waals surface area (Å²) in [5.74, 6) is 0.999. The molecule has 0 saturated carbocycles. The molecule has 1 aromatic heterocycles. The molecular formula is C11H9NO2. The van der Waals surface area contributed by atoms with Crippen LogP contribution in [-0.2, 0) is 0 Å². The fraction of sp³-hybridized carbons (Fsp3) is 0.182. The number of nitrogens with zero attached hydrogens (tertiary/aromatic N) is 1. The van der Waals surface area contributed by atoms with Crippen LogP contribution in [0.3, 0.4) is 0 Å². The fourth-order valence-electron chi connectivity index (χ4n) is 1.36. The Hall–Kier alpha value is -1.95. The summed E-state index contributed by atoms with van der Waals surface area (Å²) < 4.78 is 10.7. The molecule has 0 fully saturated rings. The zero-order valence-corrected chi connectivity index (χ0v) is 7.78. The molecule has 2 aromatic rings. The Kier molecular flexibility index (Phi) is 2.11. The smallest absolute Gasteiger partial charge is 0.204 e. The van der Waals surface area contributed by atoms with Crippen molar-refractivity contribution in [3.8, 4) is 11.8 Å². The van der Waals surface area contributed by atoms with Crippen LogP contribution >= 0.6 is 0 Å². The minimum absolute atomic E-state index is 0.312.